The molecular formula is C26H28FN3O2S. The molecule has 3 aromatic carbocycles. The number of hydrogen-bond acceptors (Lipinski definition) is 4. The van der Waals surface area contributed by atoms with E-state index >= 15 is 0 Å². The van der Waals surface area contributed by atoms with Crippen LogP contribution in [0.3, 0.4) is 0 Å². The maximum Gasteiger partial charge on any atom is 0.258 e. The minimum atomic E-state index is -0.543. The summed E-state index contributed by atoms with van der Waals surface area (Å²) in [6, 6.07) is 18.0. The van der Waals surface area contributed by atoms with Crippen LogP contribution in [0.5, 0.6) is 0 Å². The normalized spacial score (nSPS) is 14.4. The van der Waals surface area contributed by atoms with Crippen LogP contribution >= 0.6 is 11.9 Å². The van der Waals surface area contributed by atoms with E-state index in [0.717, 1.165) is 48.0 Å². The molecular weight excluding hydrogens is 437 g/mol. The Kier molecular flexibility index (Phi) is 7.62. The Labute approximate surface area is 197 Å². The molecule has 0 radical (unpaired) electrons. The Balaban J connectivity index is 1.43. The molecule has 3 aromatic rings. The van der Waals surface area contributed by atoms with E-state index in [0.29, 0.717) is 18.2 Å². The van der Waals surface area contributed by atoms with Crippen LogP contribution < -0.4 is 10.0 Å². The molecule has 0 unspecified atom stereocenters. The number of likely N-dealkylation sites (tertiary alicyclic amines) is 1. The molecule has 0 aromatic heterocycles. The SMILES string of the molecule is CCCC(=O)N1CCC(NSc2ccc(NC(=O)c3ccccc3F)c3ccccc23)CC1. The van der Waals surface area contributed by atoms with E-state index < -0.39 is 11.7 Å². The van der Waals surface area contributed by atoms with Gasteiger partial charge in [-0.1, -0.05) is 43.3 Å². The van der Waals surface area contributed by atoms with E-state index in [1.54, 1.807) is 24.1 Å². The molecule has 1 saturated heterocycles. The number of nitrogens with one attached hydrogen (secondary N) is 2. The second-order valence-electron chi connectivity index (χ2n) is 8.22. The molecule has 4 rings (SSSR count). The summed E-state index contributed by atoms with van der Waals surface area (Å²) in [7, 11) is 0. The lowest BCUT2D eigenvalue weighted by Crippen LogP contribution is -2.43. The second-order valence-corrected chi connectivity index (χ2v) is 9.10. The first kappa shape index (κ1) is 23.3. The molecule has 2 amide bonds. The average Bonchev–Trinajstić information content (AvgIpc) is 2.84. The van der Waals surface area contributed by atoms with Crippen LogP contribution in [0.2, 0.25) is 0 Å². The number of piperidine rings is 1. The van der Waals surface area contributed by atoms with Gasteiger partial charge in [0.1, 0.15) is 5.82 Å². The second kappa shape index (κ2) is 10.8. The predicted octanol–water partition coefficient (Wildman–Crippen LogP) is 5.62. The summed E-state index contributed by atoms with van der Waals surface area (Å²) >= 11 is 1.58. The van der Waals surface area contributed by atoms with Crippen LogP contribution in [0.4, 0.5) is 10.1 Å². The Hall–Kier alpha value is -2.90. The maximum absolute atomic E-state index is 14.0. The summed E-state index contributed by atoms with van der Waals surface area (Å²) in [5, 5.41) is 4.76. The summed E-state index contributed by atoms with van der Waals surface area (Å²) in [5.41, 5.74) is 0.663. The van der Waals surface area contributed by atoms with Gasteiger partial charge in [-0.3, -0.25) is 14.3 Å². The molecule has 0 spiro atoms. The van der Waals surface area contributed by atoms with Gasteiger partial charge in [0.2, 0.25) is 5.91 Å². The lowest BCUT2D eigenvalue weighted by molar-refractivity contribution is -0.132. The van der Waals surface area contributed by atoms with Gasteiger partial charge in [-0.2, -0.15) is 0 Å². The molecule has 33 heavy (non-hydrogen) atoms. The lowest BCUT2D eigenvalue weighted by atomic mass is 10.1. The number of hydrogen-bond donors (Lipinski definition) is 2. The van der Waals surface area contributed by atoms with Gasteiger partial charge in [0, 0.05) is 41.5 Å². The zero-order valence-corrected chi connectivity index (χ0v) is 19.5. The largest absolute Gasteiger partial charge is 0.343 e. The predicted molar refractivity (Wildman–Crippen MR) is 132 cm³/mol. The van der Waals surface area contributed by atoms with Crippen molar-refractivity contribution in [2.45, 2.75) is 43.5 Å². The standard InChI is InChI=1S/C26H28FN3O2S/c1-2-7-25(31)30-16-14-18(15-17-30)29-33-24-13-12-23(19-8-3-4-9-20(19)24)28-26(32)21-10-5-6-11-22(21)27/h3-6,8-13,18,29H,2,7,14-17H2,1H3,(H,28,32). The van der Waals surface area contributed by atoms with Crippen molar-refractivity contribution in [3.05, 3.63) is 72.0 Å². The molecule has 0 atom stereocenters. The number of carbonyl (C=O) groups is 2. The van der Waals surface area contributed by atoms with Gasteiger partial charge in [-0.15, -0.1) is 0 Å². The molecule has 7 heteroatoms. The topological polar surface area (TPSA) is 61.4 Å². The van der Waals surface area contributed by atoms with Crippen molar-refractivity contribution in [1.29, 1.82) is 0 Å². The highest BCUT2D eigenvalue weighted by Gasteiger charge is 2.22. The fourth-order valence-corrected chi connectivity index (χ4v) is 5.02. The van der Waals surface area contributed by atoms with Gasteiger partial charge in [0.05, 0.1) is 5.56 Å². The highest BCUT2D eigenvalue weighted by Crippen LogP contribution is 2.32. The Bertz CT molecular complexity index is 1150. The molecule has 0 saturated carbocycles. The van der Waals surface area contributed by atoms with Gasteiger partial charge < -0.3 is 10.2 Å². The van der Waals surface area contributed by atoms with Gasteiger partial charge in [0.15, 0.2) is 0 Å². The van der Waals surface area contributed by atoms with E-state index in [9.17, 15) is 14.0 Å². The van der Waals surface area contributed by atoms with Gasteiger partial charge in [-0.05, 0) is 60.9 Å². The van der Waals surface area contributed by atoms with Crippen molar-refractivity contribution < 1.29 is 14.0 Å². The first-order chi connectivity index (χ1) is 16.1. The van der Waals surface area contributed by atoms with Crippen LogP contribution in [0.1, 0.15) is 43.0 Å². The third kappa shape index (κ3) is 5.54. The van der Waals surface area contributed by atoms with Crippen LogP contribution in [0, 0.1) is 5.82 Å². The van der Waals surface area contributed by atoms with E-state index in [1.165, 1.54) is 12.1 Å². The Morgan fingerprint density at radius 2 is 1.70 bits per heavy atom. The number of anilines is 1. The summed E-state index contributed by atoms with van der Waals surface area (Å²) in [4.78, 5) is 27.7. The number of nitrogens with zero attached hydrogens (tertiary/aromatic N) is 1. The molecule has 5 nitrogen and oxygen atoms in total. The first-order valence-corrected chi connectivity index (χ1v) is 12.2. The van der Waals surface area contributed by atoms with Gasteiger partial charge in [-0.25, -0.2) is 4.39 Å². The maximum atomic E-state index is 14.0. The van der Waals surface area contributed by atoms with Crippen molar-refractivity contribution >= 4 is 40.2 Å². The van der Waals surface area contributed by atoms with E-state index in [4.69, 9.17) is 0 Å². The van der Waals surface area contributed by atoms with Crippen LogP contribution in [0.25, 0.3) is 10.8 Å². The molecule has 0 aliphatic carbocycles. The number of fused-ring (bicyclic) bond motifs is 1. The smallest absolute Gasteiger partial charge is 0.258 e. The van der Waals surface area contributed by atoms with Crippen molar-refractivity contribution in [2.24, 2.45) is 0 Å². The average molecular weight is 466 g/mol. The molecule has 2 N–H and O–H groups in total. The van der Waals surface area contributed by atoms with E-state index in [1.807, 2.05) is 48.2 Å². The monoisotopic (exact) mass is 465 g/mol. The fraction of sp³-hybridized carbons (Fsp3) is 0.308. The first-order valence-electron chi connectivity index (χ1n) is 11.3. The summed E-state index contributed by atoms with van der Waals surface area (Å²) in [5.74, 6) is -0.762. The van der Waals surface area contributed by atoms with Crippen LogP contribution in [0.15, 0.2) is 65.6 Å². The van der Waals surface area contributed by atoms with Crippen molar-refractivity contribution in [2.75, 3.05) is 18.4 Å². The number of carbonyl (C=O) groups excluding carboxylic acids is 2. The van der Waals surface area contributed by atoms with Crippen LogP contribution in [-0.4, -0.2) is 35.8 Å². The third-order valence-electron chi connectivity index (χ3n) is 5.90. The highest BCUT2D eigenvalue weighted by atomic mass is 32.2. The lowest BCUT2D eigenvalue weighted by Gasteiger charge is -2.32. The summed E-state index contributed by atoms with van der Waals surface area (Å²) < 4.78 is 17.6. The fourth-order valence-electron chi connectivity index (χ4n) is 4.07. The molecule has 1 aliphatic heterocycles. The summed E-state index contributed by atoms with van der Waals surface area (Å²) in [6.45, 7) is 3.61. The molecule has 172 valence electrons. The van der Waals surface area contributed by atoms with E-state index in [-0.39, 0.29) is 11.5 Å². The highest BCUT2D eigenvalue weighted by molar-refractivity contribution is 7.97. The summed E-state index contributed by atoms with van der Waals surface area (Å²) in [6.07, 6.45) is 3.36. The molecule has 1 heterocycles. The van der Waals surface area contributed by atoms with Gasteiger partial charge in [0.25, 0.3) is 5.91 Å². The van der Waals surface area contributed by atoms with Crippen molar-refractivity contribution in [1.82, 2.24) is 9.62 Å². The third-order valence-corrected chi connectivity index (χ3v) is 6.92. The minimum absolute atomic E-state index is 0.0189. The Morgan fingerprint density at radius 3 is 2.42 bits per heavy atom. The molecule has 1 aliphatic rings. The van der Waals surface area contributed by atoms with Crippen LogP contribution in [-0.2, 0) is 4.79 Å². The zero-order chi connectivity index (χ0) is 23.2. The zero-order valence-electron chi connectivity index (χ0n) is 18.6. The Morgan fingerprint density at radius 1 is 1.00 bits per heavy atom. The quantitative estimate of drug-likeness (QED) is 0.445. The van der Waals surface area contributed by atoms with E-state index in [2.05, 4.69) is 10.0 Å². The minimum Gasteiger partial charge on any atom is -0.343 e. The number of benzene rings is 3. The van der Waals surface area contributed by atoms with Gasteiger partial charge >= 0.3 is 0 Å². The number of rotatable bonds is 7. The molecule has 0 bridgehead atoms. The molecule has 1 fully saturated rings. The number of halogens is 1. The number of amides is 2. The van der Waals surface area contributed by atoms with Crippen molar-refractivity contribution in [3.8, 4) is 0 Å². The van der Waals surface area contributed by atoms with Crippen molar-refractivity contribution in [3.63, 3.8) is 0 Å².